The Morgan fingerprint density at radius 2 is 1.97 bits per heavy atom. The maximum atomic E-state index is 9.60. The molecule has 1 aliphatic carbocycles. The van der Waals surface area contributed by atoms with Gasteiger partial charge in [-0.25, -0.2) is 4.98 Å². The van der Waals surface area contributed by atoms with Crippen molar-refractivity contribution >= 4 is 34.7 Å². The number of hydrogen-bond donors (Lipinski definition) is 2. The minimum atomic E-state index is 0.251. The Labute approximate surface area is 194 Å². The maximum absolute atomic E-state index is 9.60. The van der Waals surface area contributed by atoms with E-state index in [-0.39, 0.29) is 11.9 Å². The number of nitrogens with one attached hydrogen (secondary N) is 2. The second-order valence-electron chi connectivity index (χ2n) is 8.70. The molecule has 166 valence electrons. The number of rotatable bonds is 6. The van der Waals surface area contributed by atoms with Crippen molar-refractivity contribution in [3.05, 3.63) is 40.2 Å². The molecule has 3 fully saturated rings. The van der Waals surface area contributed by atoms with Crippen LogP contribution in [0.4, 0.5) is 17.5 Å². The van der Waals surface area contributed by atoms with Gasteiger partial charge in [-0.3, -0.25) is 4.90 Å². The highest BCUT2D eigenvalue weighted by Gasteiger charge is 2.38. The van der Waals surface area contributed by atoms with Crippen molar-refractivity contribution in [1.82, 2.24) is 24.5 Å². The van der Waals surface area contributed by atoms with Crippen LogP contribution in [0, 0.1) is 22.7 Å². The molecule has 4 heterocycles. The van der Waals surface area contributed by atoms with E-state index in [1.165, 1.54) is 10.7 Å². The van der Waals surface area contributed by atoms with E-state index in [9.17, 15) is 10.5 Å². The molecule has 3 aromatic rings. The van der Waals surface area contributed by atoms with Gasteiger partial charge >= 0.3 is 0 Å². The fourth-order valence-corrected chi connectivity index (χ4v) is 4.50. The number of aromatic nitrogens is 4. The Morgan fingerprint density at radius 1 is 1.15 bits per heavy atom. The number of hydrogen-bond acceptors (Lipinski definition) is 9. The number of benzene rings is 1. The maximum Gasteiger partial charge on any atom is 0.247 e. The van der Waals surface area contributed by atoms with Crippen LogP contribution in [-0.4, -0.2) is 62.9 Å². The third-order valence-electron chi connectivity index (χ3n) is 6.36. The van der Waals surface area contributed by atoms with E-state index in [1.54, 1.807) is 6.07 Å². The smallest absolute Gasteiger partial charge is 0.247 e. The van der Waals surface area contributed by atoms with Crippen LogP contribution in [0.5, 0.6) is 0 Å². The summed E-state index contributed by atoms with van der Waals surface area (Å²) in [4.78, 5) is 11.3. The molecule has 0 spiro atoms. The van der Waals surface area contributed by atoms with E-state index in [1.807, 2.05) is 6.07 Å². The molecule has 1 saturated carbocycles. The Kier molecular flexibility index (Phi) is 4.80. The molecule has 0 atom stereocenters. The van der Waals surface area contributed by atoms with Crippen LogP contribution in [0.2, 0.25) is 5.02 Å². The van der Waals surface area contributed by atoms with Crippen LogP contribution >= 0.6 is 11.6 Å². The van der Waals surface area contributed by atoms with Gasteiger partial charge in [0.15, 0.2) is 17.2 Å². The van der Waals surface area contributed by atoms with E-state index in [4.69, 9.17) is 16.3 Å². The highest BCUT2D eigenvalue weighted by Crippen LogP contribution is 2.39. The molecule has 2 N–H and O–H groups in total. The van der Waals surface area contributed by atoms with Crippen LogP contribution < -0.4 is 10.6 Å². The minimum Gasteiger partial charge on any atom is -0.378 e. The zero-order chi connectivity index (χ0) is 22.5. The number of likely N-dealkylation sites (tertiary alicyclic amines) is 1. The molecule has 10 nitrogen and oxygen atoms in total. The number of nitriles is 2. The molecule has 11 heteroatoms. The van der Waals surface area contributed by atoms with Gasteiger partial charge in [-0.15, -0.1) is 5.10 Å². The second-order valence-corrected chi connectivity index (χ2v) is 9.08. The van der Waals surface area contributed by atoms with Crippen molar-refractivity contribution in [2.24, 2.45) is 0 Å². The molecule has 2 saturated heterocycles. The molecule has 0 radical (unpaired) electrons. The first-order valence-corrected chi connectivity index (χ1v) is 11.3. The van der Waals surface area contributed by atoms with E-state index >= 15 is 0 Å². The number of halogens is 1. The Morgan fingerprint density at radius 3 is 2.64 bits per heavy atom. The normalized spacial score (nSPS) is 18.9. The molecule has 3 aliphatic rings. The fourth-order valence-electron chi connectivity index (χ4n) is 4.19. The van der Waals surface area contributed by atoms with Crippen molar-refractivity contribution in [1.29, 1.82) is 10.5 Å². The highest BCUT2D eigenvalue weighted by atomic mass is 35.5. The first kappa shape index (κ1) is 20.2. The first-order valence-electron chi connectivity index (χ1n) is 10.9. The molecule has 6 rings (SSSR count). The van der Waals surface area contributed by atoms with Crippen LogP contribution in [0.3, 0.4) is 0 Å². The Balaban J connectivity index is 1.33. The fraction of sp³-hybridized carbons (Fsp3) is 0.409. The molecule has 33 heavy (non-hydrogen) atoms. The average Bonchev–Trinajstić information content (AvgIpc) is 3.47. The summed E-state index contributed by atoms with van der Waals surface area (Å²) >= 11 is 6.80. The van der Waals surface area contributed by atoms with Crippen molar-refractivity contribution in [2.45, 2.75) is 30.8 Å². The molecular formula is C22H20ClN9O. The van der Waals surface area contributed by atoms with Crippen molar-refractivity contribution < 1.29 is 4.74 Å². The van der Waals surface area contributed by atoms with Gasteiger partial charge in [-0.2, -0.15) is 20.0 Å². The summed E-state index contributed by atoms with van der Waals surface area (Å²) in [6, 6.07) is 8.72. The quantitative estimate of drug-likeness (QED) is 0.569. The average molecular weight is 462 g/mol. The lowest BCUT2D eigenvalue weighted by Crippen LogP contribution is -2.58. The summed E-state index contributed by atoms with van der Waals surface area (Å²) in [5.41, 5.74) is 2.82. The summed E-state index contributed by atoms with van der Waals surface area (Å²) in [5.74, 6) is 1.08. The van der Waals surface area contributed by atoms with Crippen molar-refractivity contribution in [3.63, 3.8) is 0 Å². The number of imidazole rings is 1. The van der Waals surface area contributed by atoms with Crippen LogP contribution in [0.1, 0.15) is 35.6 Å². The van der Waals surface area contributed by atoms with Crippen molar-refractivity contribution in [2.75, 3.05) is 36.9 Å². The first-order chi connectivity index (χ1) is 16.1. The van der Waals surface area contributed by atoms with Crippen LogP contribution in [-0.2, 0) is 4.74 Å². The monoisotopic (exact) mass is 461 g/mol. The van der Waals surface area contributed by atoms with Gasteiger partial charge in [0.1, 0.15) is 6.07 Å². The highest BCUT2D eigenvalue weighted by molar-refractivity contribution is 6.34. The summed E-state index contributed by atoms with van der Waals surface area (Å²) in [6.45, 7) is 3.34. The summed E-state index contributed by atoms with van der Waals surface area (Å²) in [5, 5.41) is 30.6. The number of nitrogens with zero attached hydrogens (tertiary/aromatic N) is 7. The zero-order valence-corrected chi connectivity index (χ0v) is 18.4. The number of fused-ring (bicyclic) bond motifs is 1. The predicted octanol–water partition coefficient (Wildman–Crippen LogP) is 2.64. The van der Waals surface area contributed by atoms with Gasteiger partial charge in [0, 0.05) is 25.0 Å². The standard InChI is InChI=1S/C22H20ClN9O/c23-19-17(13-8-31(9-13)16-10-33-11-16)3-12(5-24)4-18(19)28-22-29-20(27-14-1-2-14)21-26-7-15(6-25)32(21)30-22/h3-4,7,13-14,16H,1-2,8-11H2,(H2,27,28,29,30). The Hall–Kier alpha value is -3.44. The van der Waals surface area contributed by atoms with Crippen molar-refractivity contribution in [3.8, 4) is 12.1 Å². The molecule has 0 unspecified atom stereocenters. The predicted molar refractivity (Wildman–Crippen MR) is 121 cm³/mol. The number of anilines is 3. The number of ether oxygens (including phenoxy) is 1. The topological polar surface area (TPSA) is 127 Å². The second kappa shape index (κ2) is 7.85. The third-order valence-corrected chi connectivity index (χ3v) is 6.78. The summed E-state index contributed by atoms with van der Waals surface area (Å²) < 4.78 is 6.76. The lowest BCUT2D eigenvalue weighted by Gasteiger charge is -2.47. The largest absolute Gasteiger partial charge is 0.378 e. The molecule has 0 amide bonds. The SMILES string of the molecule is N#Cc1cc(Nc2nc(NC3CC3)c3ncc(C#N)n3n2)c(Cl)c(C2CN(C3COC3)C2)c1. The van der Waals surface area contributed by atoms with E-state index in [2.05, 4.69) is 42.7 Å². The van der Waals surface area contributed by atoms with Gasteiger partial charge in [0.25, 0.3) is 0 Å². The van der Waals surface area contributed by atoms with Gasteiger partial charge in [0.2, 0.25) is 5.95 Å². The molecule has 0 bridgehead atoms. The third kappa shape index (κ3) is 3.62. The molecule has 2 aliphatic heterocycles. The van der Waals surface area contributed by atoms with E-state index < -0.39 is 0 Å². The lowest BCUT2D eigenvalue weighted by molar-refractivity contribution is -0.0905. The van der Waals surface area contributed by atoms with Gasteiger partial charge in [-0.1, -0.05) is 11.6 Å². The van der Waals surface area contributed by atoms with Gasteiger partial charge < -0.3 is 15.4 Å². The summed E-state index contributed by atoms with van der Waals surface area (Å²) in [7, 11) is 0. The molecule has 2 aromatic heterocycles. The van der Waals surface area contributed by atoms with Gasteiger partial charge in [-0.05, 0) is 30.5 Å². The molecule has 1 aromatic carbocycles. The Bertz CT molecular complexity index is 1330. The lowest BCUT2D eigenvalue weighted by atomic mass is 9.88. The van der Waals surface area contributed by atoms with Crippen LogP contribution in [0.15, 0.2) is 18.3 Å². The summed E-state index contributed by atoms with van der Waals surface area (Å²) in [6.07, 6.45) is 3.60. The van der Waals surface area contributed by atoms with E-state index in [0.717, 1.165) is 44.7 Å². The van der Waals surface area contributed by atoms with Crippen LogP contribution in [0.25, 0.3) is 5.65 Å². The van der Waals surface area contributed by atoms with E-state index in [0.29, 0.717) is 45.5 Å². The molecular weight excluding hydrogens is 442 g/mol. The minimum absolute atomic E-state index is 0.251. The zero-order valence-electron chi connectivity index (χ0n) is 17.6. The van der Waals surface area contributed by atoms with Gasteiger partial charge in [0.05, 0.1) is 47.8 Å².